The summed E-state index contributed by atoms with van der Waals surface area (Å²) in [6, 6.07) is 9.54. The Kier molecular flexibility index (Phi) is 5.72. The number of amides is 1. The van der Waals surface area contributed by atoms with Crippen molar-refractivity contribution in [2.45, 2.75) is 17.9 Å². The Hall–Kier alpha value is -2.56. The molecule has 30 heavy (non-hydrogen) atoms. The first-order valence-electron chi connectivity index (χ1n) is 9.27. The van der Waals surface area contributed by atoms with E-state index in [1.54, 1.807) is 35.2 Å². The average molecular weight is 491 g/mol. The quantitative estimate of drug-likeness (QED) is 0.602. The number of carbonyl (C=O) groups excluding carboxylic acids is 1. The third-order valence-corrected chi connectivity index (χ3v) is 6.73. The van der Waals surface area contributed by atoms with Crippen molar-refractivity contribution < 1.29 is 17.9 Å². The molecule has 1 fully saturated rings. The maximum absolute atomic E-state index is 13.2. The van der Waals surface area contributed by atoms with Gasteiger partial charge in [-0.15, -0.1) is 0 Å². The lowest BCUT2D eigenvalue weighted by Crippen LogP contribution is -2.47. The molecule has 2 heterocycles. The molecule has 156 valence electrons. The first-order valence-corrected chi connectivity index (χ1v) is 11.6. The van der Waals surface area contributed by atoms with Crippen molar-refractivity contribution in [2.24, 2.45) is 0 Å². The third-order valence-electron chi connectivity index (χ3n) is 4.84. The lowest BCUT2D eigenvalue weighted by Gasteiger charge is -2.33. The van der Waals surface area contributed by atoms with E-state index in [0.717, 1.165) is 0 Å². The van der Waals surface area contributed by atoms with Gasteiger partial charge >= 0.3 is 0 Å². The van der Waals surface area contributed by atoms with E-state index in [9.17, 15) is 13.2 Å². The largest absolute Gasteiger partial charge is 0.377 e. The van der Waals surface area contributed by atoms with Crippen LogP contribution in [0.5, 0.6) is 0 Å². The van der Waals surface area contributed by atoms with E-state index in [2.05, 4.69) is 30.6 Å². The average Bonchev–Trinajstić information content (AvgIpc) is 2.73. The van der Waals surface area contributed by atoms with Gasteiger partial charge in [0.25, 0.3) is 15.9 Å². The highest BCUT2D eigenvalue weighted by Crippen LogP contribution is 2.28. The molecular formula is C20H19BrN4O4S. The fourth-order valence-electron chi connectivity index (χ4n) is 3.35. The molecule has 4 rings (SSSR count). The number of para-hydroxylation sites is 1. The van der Waals surface area contributed by atoms with Crippen molar-refractivity contribution in [2.75, 3.05) is 24.5 Å². The lowest BCUT2D eigenvalue weighted by molar-refractivity contribution is 0.00365. The summed E-state index contributed by atoms with van der Waals surface area (Å²) in [7, 11) is -4.03. The minimum Gasteiger partial charge on any atom is -0.377 e. The molecule has 2 aromatic carbocycles. The SMILES string of the molecule is CC1COCCN1C(=O)c1ccc(Br)cc1NS(=O)(=O)c1cccc2nccnc12. The minimum absolute atomic E-state index is 0.00813. The molecule has 1 N–H and O–H groups in total. The second-order valence-corrected chi connectivity index (χ2v) is 9.46. The number of hydrogen-bond acceptors (Lipinski definition) is 6. The van der Waals surface area contributed by atoms with E-state index >= 15 is 0 Å². The normalized spacial score (nSPS) is 17.1. The summed E-state index contributed by atoms with van der Waals surface area (Å²) < 4.78 is 35.0. The summed E-state index contributed by atoms with van der Waals surface area (Å²) in [6.45, 7) is 3.23. The van der Waals surface area contributed by atoms with Crippen LogP contribution in [0.25, 0.3) is 11.0 Å². The number of carbonyl (C=O) groups is 1. The van der Waals surface area contributed by atoms with Crippen molar-refractivity contribution >= 4 is 48.6 Å². The summed E-state index contributed by atoms with van der Waals surface area (Å²) in [5.41, 5.74) is 1.18. The van der Waals surface area contributed by atoms with Crippen molar-refractivity contribution in [3.05, 3.63) is 58.8 Å². The zero-order valence-corrected chi connectivity index (χ0v) is 18.5. The molecule has 0 radical (unpaired) electrons. The molecule has 1 saturated heterocycles. The van der Waals surface area contributed by atoms with E-state index in [1.165, 1.54) is 18.5 Å². The smallest absolute Gasteiger partial charge is 0.264 e. The molecule has 0 saturated carbocycles. The van der Waals surface area contributed by atoms with Crippen LogP contribution in [0.3, 0.4) is 0 Å². The molecule has 1 aromatic heterocycles. The Morgan fingerprint density at radius 2 is 2.03 bits per heavy atom. The van der Waals surface area contributed by atoms with Gasteiger partial charge < -0.3 is 9.64 Å². The topological polar surface area (TPSA) is 101 Å². The molecule has 1 amide bonds. The second-order valence-electron chi connectivity index (χ2n) is 6.90. The summed E-state index contributed by atoms with van der Waals surface area (Å²) in [5, 5.41) is 0. The van der Waals surface area contributed by atoms with Crippen LogP contribution in [0, 0.1) is 0 Å². The van der Waals surface area contributed by atoms with Crippen LogP contribution in [-0.2, 0) is 14.8 Å². The molecule has 1 atom stereocenters. The molecule has 1 unspecified atom stereocenters. The molecule has 0 bridgehead atoms. The summed E-state index contributed by atoms with van der Waals surface area (Å²) in [5.74, 6) is -0.256. The first-order chi connectivity index (χ1) is 14.4. The number of benzene rings is 2. The zero-order chi connectivity index (χ0) is 21.3. The lowest BCUT2D eigenvalue weighted by atomic mass is 10.1. The first kappa shape index (κ1) is 20.7. The molecule has 0 spiro atoms. The Balaban J connectivity index is 1.74. The maximum Gasteiger partial charge on any atom is 0.264 e. The van der Waals surface area contributed by atoms with Gasteiger partial charge in [0.15, 0.2) is 0 Å². The van der Waals surface area contributed by atoms with Crippen LogP contribution in [0.4, 0.5) is 5.69 Å². The number of nitrogens with zero attached hydrogens (tertiary/aromatic N) is 3. The van der Waals surface area contributed by atoms with Crippen molar-refractivity contribution in [1.29, 1.82) is 0 Å². The highest BCUT2D eigenvalue weighted by atomic mass is 79.9. The number of rotatable bonds is 4. The van der Waals surface area contributed by atoms with Crippen molar-refractivity contribution in [1.82, 2.24) is 14.9 Å². The number of hydrogen-bond donors (Lipinski definition) is 1. The Labute approximate surface area is 182 Å². The predicted molar refractivity (Wildman–Crippen MR) is 116 cm³/mol. The zero-order valence-electron chi connectivity index (χ0n) is 16.1. The summed E-state index contributed by atoms with van der Waals surface area (Å²) in [4.78, 5) is 23.2. The molecule has 0 aliphatic carbocycles. The summed E-state index contributed by atoms with van der Waals surface area (Å²) >= 11 is 3.35. The van der Waals surface area contributed by atoms with Crippen molar-refractivity contribution in [3.63, 3.8) is 0 Å². The Morgan fingerprint density at radius 1 is 1.23 bits per heavy atom. The highest BCUT2D eigenvalue weighted by molar-refractivity contribution is 9.10. The van der Waals surface area contributed by atoms with E-state index in [4.69, 9.17) is 4.74 Å². The molecule has 1 aliphatic heterocycles. The molecule has 10 heteroatoms. The molecule has 3 aromatic rings. The van der Waals surface area contributed by atoms with Crippen LogP contribution in [-0.4, -0.2) is 55.0 Å². The van der Waals surface area contributed by atoms with Crippen LogP contribution in [0.2, 0.25) is 0 Å². The number of sulfonamides is 1. The van der Waals surface area contributed by atoms with Gasteiger partial charge in [-0.1, -0.05) is 22.0 Å². The van der Waals surface area contributed by atoms with Gasteiger partial charge in [-0.2, -0.15) is 0 Å². The fraction of sp³-hybridized carbons (Fsp3) is 0.250. The van der Waals surface area contributed by atoms with E-state index < -0.39 is 10.0 Å². The number of morpholine rings is 1. The van der Waals surface area contributed by atoms with Crippen LogP contribution in [0.15, 0.2) is 58.2 Å². The van der Waals surface area contributed by atoms with Gasteiger partial charge in [-0.3, -0.25) is 19.5 Å². The third kappa shape index (κ3) is 4.03. The Morgan fingerprint density at radius 3 is 2.83 bits per heavy atom. The van der Waals surface area contributed by atoms with Crippen LogP contribution >= 0.6 is 15.9 Å². The molecule has 1 aliphatic rings. The second kappa shape index (κ2) is 8.29. The monoisotopic (exact) mass is 490 g/mol. The number of fused-ring (bicyclic) bond motifs is 1. The predicted octanol–water partition coefficient (Wildman–Crippen LogP) is 3.05. The van der Waals surface area contributed by atoms with E-state index in [-0.39, 0.29) is 33.6 Å². The number of halogens is 1. The summed E-state index contributed by atoms with van der Waals surface area (Å²) in [6.07, 6.45) is 2.94. The van der Waals surface area contributed by atoms with Gasteiger partial charge in [0.05, 0.1) is 36.0 Å². The Bertz CT molecular complexity index is 1210. The number of aromatic nitrogens is 2. The van der Waals surface area contributed by atoms with Gasteiger partial charge in [-0.05, 0) is 37.3 Å². The van der Waals surface area contributed by atoms with Gasteiger partial charge in [0.2, 0.25) is 0 Å². The fourth-order valence-corrected chi connectivity index (χ4v) is 4.95. The van der Waals surface area contributed by atoms with Gasteiger partial charge in [0, 0.05) is 23.4 Å². The maximum atomic E-state index is 13.2. The number of nitrogens with one attached hydrogen (secondary N) is 1. The van der Waals surface area contributed by atoms with Gasteiger partial charge in [-0.25, -0.2) is 8.42 Å². The number of ether oxygens (including phenoxy) is 1. The highest BCUT2D eigenvalue weighted by Gasteiger charge is 2.28. The van der Waals surface area contributed by atoms with Gasteiger partial charge in [0.1, 0.15) is 10.4 Å². The molecule has 8 nitrogen and oxygen atoms in total. The van der Waals surface area contributed by atoms with E-state index in [1.807, 2.05) is 6.92 Å². The number of anilines is 1. The minimum atomic E-state index is -4.03. The van der Waals surface area contributed by atoms with Crippen molar-refractivity contribution in [3.8, 4) is 0 Å². The van der Waals surface area contributed by atoms with Crippen LogP contribution < -0.4 is 4.72 Å². The van der Waals surface area contributed by atoms with Crippen LogP contribution in [0.1, 0.15) is 17.3 Å². The molecular weight excluding hydrogens is 472 g/mol. The van der Waals surface area contributed by atoms with E-state index in [0.29, 0.717) is 29.7 Å². The standard InChI is InChI=1S/C20H19BrN4O4S/c1-13-12-29-10-9-25(13)20(26)15-6-5-14(21)11-17(15)24-30(27,28)18-4-2-3-16-19(18)23-8-7-22-16/h2-8,11,13,24H,9-10,12H2,1H3.